The molecule has 2 aromatic heterocycles. The van der Waals surface area contributed by atoms with E-state index in [0.29, 0.717) is 0 Å². The van der Waals surface area contributed by atoms with Crippen molar-refractivity contribution in [1.29, 1.82) is 0 Å². The quantitative estimate of drug-likeness (QED) is 0.806. The smallest absolute Gasteiger partial charge is 0.264 e. The number of amides is 1. The van der Waals surface area contributed by atoms with Crippen LogP contribution in [0.15, 0.2) is 29.8 Å². The lowest BCUT2D eigenvalue weighted by molar-refractivity contribution is 0.0631. The predicted molar refractivity (Wildman–Crippen MR) is 101 cm³/mol. The van der Waals surface area contributed by atoms with Gasteiger partial charge < -0.3 is 14.5 Å². The van der Waals surface area contributed by atoms with Crippen molar-refractivity contribution in [3.05, 3.63) is 40.3 Å². The molecule has 4 rings (SSSR count). The Morgan fingerprint density at radius 2 is 1.92 bits per heavy atom. The molecule has 2 fully saturated rings. The van der Waals surface area contributed by atoms with Crippen LogP contribution in [0.1, 0.15) is 15.4 Å². The maximum absolute atomic E-state index is 12.4. The number of anilines is 1. The minimum Gasteiger partial charge on any atom is -0.378 e. The fourth-order valence-corrected chi connectivity index (χ4v) is 3.97. The fraction of sp³-hybridized carbons (Fsp3) is 0.500. The van der Waals surface area contributed by atoms with Gasteiger partial charge in [-0.3, -0.25) is 9.69 Å². The van der Waals surface area contributed by atoms with Gasteiger partial charge >= 0.3 is 0 Å². The van der Waals surface area contributed by atoms with Crippen LogP contribution in [-0.2, 0) is 11.3 Å². The standard InChI is InChI=1S/C18H23N5O2S/c24-17(16-2-1-13-26-16)22-7-5-21(6-8-22)14-15-3-4-19-18(20-15)23-9-11-25-12-10-23/h1-4,13H,5-12,14H2. The first-order chi connectivity index (χ1) is 12.8. The molecule has 8 heteroatoms. The SMILES string of the molecule is O=C(c1cccs1)N1CCN(Cc2ccnc(N3CCOCC3)n2)CC1. The number of nitrogens with zero attached hydrogens (tertiary/aromatic N) is 5. The van der Waals surface area contributed by atoms with Crippen molar-refractivity contribution in [3.63, 3.8) is 0 Å². The Morgan fingerprint density at radius 1 is 1.12 bits per heavy atom. The highest BCUT2D eigenvalue weighted by Gasteiger charge is 2.23. The van der Waals surface area contributed by atoms with Crippen LogP contribution in [0, 0.1) is 0 Å². The summed E-state index contributed by atoms with van der Waals surface area (Å²) >= 11 is 1.51. The van der Waals surface area contributed by atoms with Gasteiger partial charge in [-0.25, -0.2) is 9.97 Å². The summed E-state index contributed by atoms with van der Waals surface area (Å²) in [5.41, 5.74) is 1.03. The summed E-state index contributed by atoms with van der Waals surface area (Å²) in [6.45, 7) is 7.20. The number of aromatic nitrogens is 2. The van der Waals surface area contributed by atoms with E-state index in [0.717, 1.165) is 75.5 Å². The van der Waals surface area contributed by atoms with Gasteiger partial charge in [0.25, 0.3) is 5.91 Å². The summed E-state index contributed by atoms with van der Waals surface area (Å²) in [5.74, 6) is 0.939. The summed E-state index contributed by atoms with van der Waals surface area (Å²) in [6.07, 6.45) is 1.84. The Kier molecular flexibility index (Phi) is 5.42. The van der Waals surface area contributed by atoms with Crippen LogP contribution in [0.4, 0.5) is 5.95 Å². The Labute approximate surface area is 157 Å². The highest BCUT2D eigenvalue weighted by molar-refractivity contribution is 7.12. The third-order valence-corrected chi connectivity index (χ3v) is 5.63. The molecule has 26 heavy (non-hydrogen) atoms. The summed E-state index contributed by atoms with van der Waals surface area (Å²) in [4.78, 5) is 28.9. The number of carbonyl (C=O) groups is 1. The Morgan fingerprint density at radius 3 is 2.65 bits per heavy atom. The first-order valence-electron chi connectivity index (χ1n) is 8.99. The van der Waals surface area contributed by atoms with Crippen molar-refractivity contribution in [2.75, 3.05) is 57.4 Å². The second-order valence-electron chi connectivity index (χ2n) is 6.49. The predicted octanol–water partition coefficient (Wildman–Crippen LogP) is 1.33. The van der Waals surface area contributed by atoms with E-state index in [1.165, 1.54) is 11.3 Å². The van der Waals surface area contributed by atoms with Crippen molar-refractivity contribution < 1.29 is 9.53 Å². The van der Waals surface area contributed by atoms with Gasteiger partial charge in [-0.2, -0.15) is 0 Å². The molecule has 0 aromatic carbocycles. The van der Waals surface area contributed by atoms with Crippen LogP contribution in [0.5, 0.6) is 0 Å². The number of hydrogen-bond acceptors (Lipinski definition) is 7. The van der Waals surface area contributed by atoms with E-state index in [2.05, 4.69) is 14.8 Å². The molecule has 0 saturated carbocycles. The van der Waals surface area contributed by atoms with Crippen LogP contribution in [0.2, 0.25) is 0 Å². The number of piperazine rings is 1. The van der Waals surface area contributed by atoms with E-state index in [-0.39, 0.29) is 5.91 Å². The van der Waals surface area contributed by atoms with Crippen molar-refractivity contribution >= 4 is 23.2 Å². The summed E-state index contributed by atoms with van der Waals surface area (Å²) in [6, 6.07) is 5.80. The first-order valence-corrected chi connectivity index (χ1v) is 9.87. The van der Waals surface area contributed by atoms with Gasteiger partial charge in [0.15, 0.2) is 0 Å². The molecule has 0 spiro atoms. The largest absolute Gasteiger partial charge is 0.378 e. The minimum atomic E-state index is 0.149. The van der Waals surface area contributed by atoms with Crippen LogP contribution < -0.4 is 4.90 Å². The topological polar surface area (TPSA) is 61.8 Å². The van der Waals surface area contributed by atoms with Gasteiger partial charge in [0.1, 0.15) is 0 Å². The lowest BCUT2D eigenvalue weighted by Gasteiger charge is -2.34. The highest BCUT2D eigenvalue weighted by Crippen LogP contribution is 2.15. The number of morpholine rings is 1. The number of rotatable bonds is 4. The third kappa shape index (κ3) is 4.03. The molecular weight excluding hydrogens is 350 g/mol. The summed E-state index contributed by atoms with van der Waals surface area (Å²) in [7, 11) is 0. The molecule has 4 heterocycles. The molecule has 2 saturated heterocycles. The van der Waals surface area contributed by atoms with E-state index >= 15 is 0 Å². The molecule has 138 valence electrons. The molecule has 0 bridgehead atoms. The molecule has 0 aliphatic carbocycles. The molecule has 0 N–H and O–H groups in total. The first kappa shape index (κ1) is 17.4. The van der Waals surface area contributed by atoms with E-state index < -0.39 is 0 Å². The number of thiophene rings is 1. The van der Waals surface area contributed by atoms with E-state index in [1.807, 2.05) is 34.7 Å². The Balaban J connectivity index is 1.32. The van der Waals surface area contributed by atoms with Gasteiger partial charge in [0, 0.05) is 52.0 Å². The highest BCUT2D eigenvalue weighted by atomic mass is 32.1. The van der Waals surface area contributed by atoms with Gasteiger partial charge in [-0.05, 0) is 17.5 Å². The van der Waals surface area contributed by atoms with Gasteiger partial charge in [-0.15, -0.1) is 11.3 Å². The maximum atomic E-state index is 12.4. The van der Waals surface area contributed by atoms with Crippen LogP contribution in [0.25, 0.3) is 0 Å². The molecule has 0 unspecified atom stereocenters. The average Bonchev–Trinajstić information content (AvgIpc) is 3.24. The number of carbonyl (C=O) groups excluding carboxylic acids is 1. The lowest BCUT2D eigenvalue weighted by Crippen LogP contribution is -2.48. The van der Waals surface area contributed by atoms with E-state index in [1.54, 1.807) is 0 Å². The second-order valence-corrected chi connectivity index (χ2v) is 7.44. The zero-order valence-electron chi connectivity index (χ0n) is 14.7. The van der Waals surface area contributed by atoms with Crippen molar-refractivity contribution in [2.45, 2.75) is 6.54 Å². The average molecular weight is 373 g/mol. The van der Waals surface area contributed by atoms with Crippen LogP contribution in [-0.4, -0.2) is 78.2 Å². The van der Waals surface area contributed by atoms with E-state index in [9.17, 15) is 4.79 Å². The molecule has 2 aromatic rings. The van der Waals surface area contributed by atoms with E-state index in [4.69, 9.17) is 9.72 Å². The normalized spacial score (nSPS) is 18.9. The minimum absolute atomic E-state index is 0.149. The molecule has 2 aliphatic rings. The Bertz CT molecular complexity index is 725. The van der Waals surface area contributed by atoms with Gasteiger partial charge in [0.05, 0.1) is 23.8 Å². The molecule has 0 radical (unpaired) electrons. The monoisotopic (exact) mass is 373 g/mol. The second kappa shape index (κ2) is 8.11. The summed E-state index contributed by atoms with van der Waals surface area (Å²) < 4.78 is 5.39. The van der Waals surface area contributed by atoms with Crippen LogP contribution in [0.3, 0.4) is 0 Å². The van der Waals surface area contributed by atoms with Crippen molar-refractivity contribution in [3.8, 4) is 0 Å². The van der Waals surface area contributed by atoms with Gasteiger partial charge in [0.2, 0.25) is 5.95 Å². The molecule has 0 atom stereocenters. The molecule has 2 aliphatic heterocycles. The van der Waals surface area contributed by atoms with Gasteiger partial charge in [-0.1, -0.05) is 6.07 Å². The van der Waals surface area contributed by atoms with Crippen LogP contribution >= 0.6 is 11.3 Å². The molecule has 7 nitrogen and oxygen atoms in total. The zero-order valence-corrected chi connectivity index (χ0v) is 15.5. The zero-order chi connectivity index (χ0) is 17.8. The maximum Gasteiger partial charge on any atom is 0.264 e. The lowest BCUT2D eigenvalue weighted by atomic mass is 10.2. The van der Waals surface area contributed by atoms with Crippen molar-refractivity contribution in [1.82, 2.24) is 19.8 Å². The molecular formula is C18H23N5O2S. The number of hydrogen-bond donors (Lipinski definition) is 0. The Hall–Kier alpha value is -2.03. The number of ether oxygens (including phenoxy) is 1. The third-order valence-electron chi connectivity index (χ3n) is 4.77. The van der Waals surface area contributed by atoms with Crippen molar-refractivity contribution in [2.24, 2.45) is 0 Å². The fourth-order valence-electron chi connectivity index (χ4n) is 3.28. The summed E-state index contributed by atoms with van der Waals surface area (Å²) in [5, 5.41) is 1.95. The molecule has 1 amide bonds.